The molecule has 1 aromatic carbocycles. The molecule has 1 aliphatic heterocycles. The number of hydrogen-bond donors (Lipinski definition) is 1. The molecule has 2 atom stereocenters. The summed E-state index contributed by atoms with van der Waals surface area (Å²) in [6.45, 7) is 6.92. The van der Waals surface area contributed by atoms with Crippen LogP contribution < -0.4 is 5.32 Å². The van der Waals surface area contributed by atoms with Gasteiger partial charge in [0.2, 0.25) is 0 Å². The summed E-state index contributed by atoms with van der Waals surface area (Å²) in [6, 6.07) is 5.33. The molecule has 1 N–H and O–H groups in total. The maximum Gasteiger partial charge on any atom is 0.127 e. The third-order valence-electron chi connectivity index (χ3n) is 4.29. The van der Waals surface area contributed by atoms with E-state index in [2.05, 4.69) is 35.1 Å². The first-order chi connectivity index (χ1) is 9.57. The lowest BCUT2D eigenvalue weighted by Crippen LogP contribution is -2.41. The van der Waals surface area contributed by atoms with Crippen LogP contribution in [0.3, 0.4) is 0 Å². The molecule has 0 radical (unpaired) electrons. The molecule has 2 rings (SSSR count). The fraction of sp³-hybridized carbons (Fsp3) is 0.625. The Kier molecular flexibility index (Phi) is 5.58. The predicted molar refractivity (Wildman–Crippen MR) is 83.4 cm³/mol. The van der Waals surface area contributed by atoms with Gasteiger partial charge in [-0.1, -0.05) is 28.9 Å². The molecule has 1 saturated heterocycles. The van der Waals surface area contributed by atoms with E-state index in [9.17, 15) is 4.39 Å². The van der Waals surface area contributed by atoms with E-state index in [1.54, 1.807) is 6.07 Å². The van der Waals surface area contributed by atoms with Crippen molar-refractivity contribution in [2.24, 2.45) is 5.41 Å². The fourth-order valence-electron chi connectivity index (χ4n) is 2.90. The largest absolute Gasteiger partial charge is 0.378 e. The molecule has 0 bridgehead atoms. The van der Waals surface area contributed by atoms with Crippen LogP contribution in [0.5, 0.6) is 0 Å². The van der Waals surface area contributed by atoms with Gasteiger partial charge >= 0.3 is 0 Å². The monoisotopic (exact) mass is 343 g/mol. The molecule has 2 unspecified atom stereocenters. The van der Waals surface area contributed by atoms with Crippen molar-refractivity contribution in [3.63, 3.8) is 0 Å². The molecule has 0 aliphatic carbocycles. The quantitative estimate of drug-likeness (QED) is 0.790. The molecular weight excluding hydrogens is 321 g/mol. The molecule has 1 aliphatic rings. The summed E-state index contributed by atoms with van der Waals surface area (Å²) in [6.07, 6.45) is 2.98. The van der Waals surface area contributed by atoms with E-state index in [0.29, 0.717) is 0 Å². The summed E-state index contributed by atoms with van der Waals surface area (Å²) < 4.78 is 20.6. The van der Waals surface area contributed by atoms with Crippen molar-refractivity contribution in [3.8, 4) is 0 Å². The van der Waals surface area contributed by atoms with E-state index in [1.807, 2.05) is 12.1 Å². The minimum absolute atomic E-state index is 0.00381. The Morgan fingerprint density at radius 2 is 2.30 bits per heavy atom. The van der Waals surface area contributed by atoms with E-state index in [-0.39, 0.29) is 17.3 Å². The van der Waals surface area contributed by atoms with Crippen molar-refractivity contribution >= 4 is 15.9 Å². The zero-order valence-electron chi connectivity index (χ0n) is 12.2. The summed E-state index contributed by atoms with van der Waals surface area (Å²) in [5.41, 5.74) is 0.785. The average molecular weight is 344 g/mol. The Labute approximate surface area is 129 Å². The maximum absolute atomic E-state index is 14.1. The number of hydrogen-bond acceptors (Lipinski definition) is 2. The molecule has 112 valence electrons. The molecule has 0 spiro atoms. The summed E-state index contributed by atoms with van der Waals surface area (Å²) in [4.78, 5) is 0. The third-order valence-corrected chi connectivity index (χ3v) is 4.78. The lowest BCUT2D eigenvalue weighted by molar-refractivity contribution is 0.0627. The predicted octanol–water partition coefficient (Wildman–Crippen LogP) is 3.93. The van der Waals surface area contributed by atoms with Gasteiger partial charge in [-0.15, -0.1) is 0 Å². The van der Waals surface area contributed by atoms with Gasteiger partial charge in [-0.25, -0.2) is 4.39 Å². The molecule has 1 fully saturated rings. The van der Waals surface area contributed by atoms with E-state index in [0.717, 1.165) is 49.0 Å². The van der Waals surface area contributed by atoms with Crippen molar-refractivity contribution < 1.29 is 9.13 Å². The summed E-state index contributed by atoms with van der Waals surface area (Å²) in [5, 5.41) is 3.49. The van der Waals surface area contributed by atoms with Crippen LogP contribution in [0.15, 0.2) is 22.7 Å². The van der Waals surface area contributed by atoms with Gasteiger partial charge in [0.05, 0.1) is 6.10 Å². The zero-order valence-corrected chi connectivity index (χ0v) is 13.8. The Balaban J connectivity index is 2.15. The van der Waals surface area contributed by atoms with E-state index in [1.165, 1.54) is 0 Å². The van der Waals surface area contributed by atoms with Gasteiger partial charge in [0.15, 0.2) is 0 Å². The van der Waals surface area contributed by atoms with Crippen molar-refractivity contribution in [3.05, 3.63) is 34.1 Å². The van der Waals surface area contributed by atoms with E-state index >= 15 is 0 Å². The van der Waals surface area contributed by atoms with Crippen LogP contribution in [-0.2, 0) is 11.2 Å². The Morgan fingerprint density at radius 1 is 1.50 bits per heavy atom. The fourth-order valence-corrected chi connectivity index (χ4v) is 3.24. The number of ether oxygens (including phenoxy) is 1. The van der Waals surface area contributed by atoms with Gasteiger partial charge in [-0.05, 0) is 50.4 Å². The number of nitrogens with one attached hydrogen (secondary N) is 1. The van der Waals surface area contributed by atoms with Crippen LogP contribution in [0.1, 0.15) is 32.3 Å². The molecule has 0 saturated carbocycles. The van der Waals surface area contributed by atoms with Gasteiger partial charge in [-0.3, -0.25) is 0 Å². The van der Waals surface area contributed by atoms with Gasteiger partial charge in [0, 0.05) is 23.0 Å². The first kappa shape index (κ1) is 15.9. The normalized spacial score (nSPS) is 26.1. The first-order valence-electron chi connectivity index (χ1n) is 7.33. The van der Waals surface area contributed by atoms with Crippen LogP contribution in [0.25, 0.3) is 0 Å². The van der Waals surface area contributed by atoms with Gasteiger partial charge < -0.3 is 10.1 Å². The van der Waals surface area contributed by atoms with Gasteiger partial charge in [0.1, 0.15) is 5.82 Å². The lowest BCUT2D eigenvalue weighted by Gasteiger charge is -2.33. The zero-order chi connectivity index (χ0) is 14.6. The highest BCUT2D eigenvalue weighted by molar-refractivity contribution is 9.10. The topological polar surface area (TPSA) is 21.3 Å². The van der Waals surface area contributed by atoms with Crippen LogP contribution >= 0.6 is 15.9 Å². The second-order valence-electron chi connectivity index (χ2n) is 5.71. The van der Waals surface area contributed by atoms with Crippen molar-refractivity contribution in [1.29, 1.82) is 0 Å². The van der Waals surface area contributed by atoms with E-state index in [4.69, 9.17) is 4.74 Å². The highest BCUT2D eigenvalue weighted by atomic mass is 79.9. The van der Waals surface area contributed by atoms with Crippen molar-refractivity contribution in [2.75, 3.05) is 19.7 Å². The van der Waals surface area contributed by atoms with Crippen LogP contribution in [-0.4, -0.2) is 25.8 Å². The Morgan fingerprint density at radius 3 is 2.90 bits per heavy atom. The van der Waals surface area contributed by atoms with Crippen molar-refractivity contribution in [1.82, 2.24) is 5.32 Å². The minimum atomic E-state index is -0.131. The molecule has 1 heterocycles. The van der Waals surface area contributed by atoms with Gasteiger partial charge in [-0.2, -0.15) is 0 Å². The lowest BCUT2D eigenvalue weighted by atomic mass is 9.76. The van der Waals surface area contributed by atoms with Gasteiger partial charge in [0.25, 0.3) is 0 Å². The molecular formula is C16H23BrFNO. The standard InChI is InChI=1S/C16H23BrFNO/c1-3-7-19-11-16(6-8-20-12(16)2)10-13-4-5-14(17)9-15(13)18/h4-5,9,12,19H,3,6-8,10-11H2,1-2H3. The average Bonchev–Trinajstić information content (AvgIpc) is 2.75. The summed E-state index contributed by atoms with van der Waals surface area (Å²) in [5.74, 6) is -0.131. The summed E-state index contributed by atoms with van der Waals surface area (Å²) in [7, 11) is 0. The van der Waals surface area contributed by atoms with Crippen LogP contribution in [0.2, 0.25) is 0 Å². The molecule has 4 heteroatoms. The van der Waals surface area contributed by atoms with Crippen LogP contribution in [0, 0.1) is 11.2 Å². The summed E-state index contributed by atoms with van der Waals surface area (Å²) >= 11 is 3.31. The number of rotatable bonds is 6. The molecule has 2 nitrogen and oxygen atoms in total. The second-order valence-corrected chi connectivity index (χ2v) is 6.63. The maximum atomic E-state index is 14.1. The SMILES string of the molecule is CCCNCC1(Cc2ccc(Br)cc2F)CCOC1C. The molecule has 0 aromatic heterocycles. The first-order valence-corrected chi connectivity index (χ1v) is 8.13. The smallest absolute Gasteiger partial charge is 0.127 e. The van der Waals surface area contributed by atoms with Crippen molar-refractivity contribution in [2.45, 2.75) is 39.2 Å². The number of benzene rings is 1. The highest BCUT2D eigenvalue weighted by Crippen LogP contribution is 2.38. The second kappa shape index (κ2) is 7.01. The number of halogens is 2. The minimum Gasteiger partial charge on any atom is -0.378 e. The Bertz CT molecular complexity index is 454. The molecule has 1 aromatic rings. The molecule has 20 heavy (non-hydrogen) atoms. The highest BCUT2D eigenvalue weighted by Gasteiger charge is 2.41. The Hall–Kier alpha value is -0.450. The molecule has 0 amide bonds. The van der Waals surface area contributed by atoms with E-state index < -0.39 is 0 Å². The third kappa shape index (κ3) is 3.60. The van der Waals surface area contributed by atoms with Crippen LogP contribution in [0.4, 0.5) is 4.39 Å².